The van der Waals surface area contributed by atoms with E-state index in [2.05, 4.69) is 10.4 Å². The SMILES string of the molecule is COCCn1nc(C)c(CNC(=O)N2CCOC(C)(C)C2)c1C. The fourth-order valence-corrected chi connectivity index (χ4v) is 2.85. The van der Waals surface area contributed by atoms with Gasteiger partial charge in [-0.05, 0) is 27.7 Å². The Balaban J connectivity index is 1.95. The zero-order valence-electron chi connectivity index (χ0n) is 14.8. The minimum absolute atomic E-state index is 0.0511. The summed E-state index contributed by atoms with van der Waals surface area (Å²) >= 11 is 0. The van der Waals surface area contributed by atoms with Crippen molar-refractivity contribution in [3.63, 3.8) is 0 Å². The highest BCUT2D eigenvalue weighted by atomic mass is 16.5. The molecule has 23 heavy (non-hydrogen) atoms. The van der Waals surface area contributed by atoms with Gasteiger partial charge in [-0.2, -0.15) is 5.10 Å². The third kappa shape index (κ3) is 4.45. The first-order valence-electron chi connectivity index (χ1n) is 8.02. The highest BCUT2D eigenvalue weighted by Crippen LogP contribution is 2.17. The number of carbonyl (C=O) groups excluding carboxylic acids is 1. The number of carbonyl (C=O) groups is 1. The lowest BCUT2D eigenvalue weighted by molar-refractivity contribution is -0.0733. The maximum atomic E-state index is 12.4. The highest BCUT2D eigenvalue weighted by Gasteiger charge is 2.30. The summed E-state index contributed by atoms with van der Waals surface area (Å²) in [5.74, 6) is 0. The normalized spacial score (nSPS) is 17.3. The molecule has 2 heterocycles. The first-order chi connectivity index (χ1) is 10.8. The molecule has 7 nitrogen and oxygen atoms in total. The third-order valence-electron chi connectivity index (χ3n) is 4.17. The standard InChI is InChI=1S/C16H28N4O3/c1-12-14(13(2)20(18-12)7-8-22-5)10-17-15(21)19-6-9-23-16(3,4)11-19/h6-11H2,1-5H3,(H,17,21). The summed E-state index contributed by atoms with van der Waals surface area (Å²) < 4.78 is 12.7. The Kier molecular flexibility index (Phi) is 5.64. The molecule has 1 saturated heterocycles. The number of nitrogens with one attached hydrogen (secondary N) is 1. The largest absolute Gasteiger partial charge is 0.383 e. The van der Waals surface area contributed by atoms with Crippen molar-refractivity contribution < 1.29 is 14.3 Å². The monoisotopic (exact) mass is 324 g/mol. The van der Waals surface area contributed by atoms with Crippen molar-refractivity contribution in [2.75, 3.05) is 33.4 Å². The molecule has 1 aromatic rings. The Morgan fingerprint density at radius 2 is 2.17 bits per heavy atom. The van der Waals surface area contributed by atoms with Gasteiger partial charge in [-0.3, -0.25) is 4.68 Å². The molecule has 130 valence electrons. The quantitative estimate of drug-likeness (QED) is 0.890. The number of nitrogens with zero attached hydrogens (tertiary/aromatic N) is 3. The summed E-state index contributed by atoms with van der Waals surface area (Å²) in [5, 5.41) is 7.52. The van der Waals surface area contributed by atoms with Gasteiger partial charge in [0.2, 0.25) is 0 Å². The highest BCUT2D eigenvalue weighted by molar-refractivity contribution is 5.74. The summed E-state index contributed by atoms with van der Waals surface area (Å²) in [6.07, 6.45) is 0. The predicted octanol–water partition coefficient (Wildman–Crippen LogP) is 1.47. The van der Waals surface area contributed by atoms with E-state index in [-0.39, 0.29) is 11.6 Å². The van der Waals surface area contributed by atoms with E-state index in [1.165, 1.54) is 0 Å². The summed E-state index contributed by atoms with van der Waals surface area (Å²) in [4.78, 5) is 14.2. The van der Waals surface area contributed by atoms with Crippen molar-refractivity contribution in [1.29, 1.82) is 0 Å². The lowest BCUT2D eigenvalue weighted by Gasteiger charge is -2.38. The molecule has 0 bridgehead atoms. The molecule has 0 unspecified atom stereocenters. The summed E-state index contributed by atoms with van der Waals surface area (Å²) in [7, 11) is 1.68. The molecule has 0 saturated carbocycles. The van der Waals surface area contributed by atoms with Crippen LogP contribution in [0.2, 0.25) is 0 Å². The van der Waals surface area contributed by atoms with Crippen molar-refractivity contribution in [3.8, 4) is 0 Å². The lowest BCUT2D eigenvalue weighted by Crippen LogP contribution is -2.53. The van der Waals surface area contributed by atoms with Crippen molar-refractivity contribution in [2.24, 2.45) is 0 Å². The van der Waals surface area contributed by atoms with Gasteiger partial charge in [0.05, 0.1) is 37.6 Å². The van der Waals surface area contributed by atoms with Crippen LogP contribution in [-0.2, 0) is 22.6 Å². The predicted molar refractivity (Wildman–Crippen MR) is 87.4 cm³/mol. The van der Waals surface area contributed by atoms with Crippen molar-refractivity contribution >= 4 is 6.03 Å². The fourth-order valence-electron chi connectivity index (χ4n) is 2.85. The van der Waals surface area contributed by atoms with Crippen LogP contribution in [0.5, 0.6) is 0 Å². The number of amides is 2. The molecule has 0 aromatic carbocycles. The van der Waals surface area contributed by atoms with Crippen molar-refractivity contribution in [3.05, 3.63) is 17.0 Å². The van der Waals surface area contributed by atoms with Gasteiger partial charge in [-0.25, -0.2) is 4.79 Å². The van der Waals surface area contributed by atoms with Crippen LogP contribution >= 0.6 is 0 Å². The Morgan fingerprint density at radius 3 is 2.83 bits per heavy atom. The second kappa shape index (κ2) is 7.31. The Labute approximate surface area is 137 Å². The van der Waals surface area contributed by atoms with Gasteiger partial charge in [0, 0.05) is 31.5 Å². The van der Waals surface area contributed by atoms with Crippen LogP contribution in [0, 0.1) is 13.8 Å². The number of methoxy groups -OCH3 is 1. The van der Waals surface area contributed by atoms with Crippen LogP contribution in [-0.4, -0.2) is 59.7 Å². The van der Waals surface area contributed by atoms with E-state index < -0.39 is 0 Å². The van der Waals surface area contributed by atoms with E-state index in [4.69, 9.17) is 9.47 Å². The molecular weight excluding hydrogens is 296 g/mol. The minimum Gasteiger partial charge on any atom is -0.383 e. The molecule has 0 radical (unpaired) electrons. The van der Waals surface area contributed by atoms with Gasteiger partial charge in [0.25, 0.3) is 0 Å². The lowest BCUT2D eigenvalue weighted by atomic mass is 10.1. The van der Waals surface area contributed by atoms with Gasteiger partial charge < -0.3 is 19.7 Å². The van der Waals surface area contributed by atoms with E-state index in [0.29, 0.717) is 32.8 Å². The Bertz CT molecular complexity index is 554. The zero-order chi connectivity index (χ0) is 17.0. The van der Waals surface area contributed by atoms with E-state index in [9.17, 15) is 4.79 Å². The van der Waals surface area contributed by atoms with Crippen LogP contribution in [0.1, 0.15) is 30.8 Å². The number of aryl methyl sites for hydroxylation is 1. The second-order valence-electron chi connectivity index (χ2n) is 6.55. The number of rotatable bonds is 5. The molecule has 7 heteroatoms. The molecule has 1 aliphatic rings. The maximum absolute atomic E-state index is 12.4. The number of hydrogen-bond donors (Lipinski definition) is 1. The molecule has 1 aliphatic heterocycles. The van der Waals surface area contributed by atoms with Gasteiger partial charge in [-0.15, -0.1) is 0 Å². The van der Waals surface area contributed by atoms with E-state index >= 15 is 0 Å². The van der Waals surface area contributed by atoms with E-state index in [1.807, 2.05) is 37.3 Å². The number of urea groups is 1. The topological polar surface area (TPSA) is 68.6 Å². The summed E-state index contributed by atoms with van der Waals surface area (Å²) in [6, 6.07) is -0.0511. The van der Waals surface area contributed by atoms with Gasteiger partial charge in [-0.1, -0.05) is 0 Å². The van der Waals surface area contributed by atoms with Crippen LogP contribution in [0.4, 0.5) is 4.79 Å². The first-order valence-corrected chi connectivity index (χ1v) is 8.02. The number of morpholine rings is 1. The van der Waals surface area contributed by atoms with E-state index in [1.54, 1.807) is 7.11 Å². The smallest absolute Gasteiger partial charge is 0.317 e. The van der Waals surface area contributed by atoms with Crippen LogP contribution in [0.15, 0.2) is 0 Å². The molecule has 1 N–H and O–H groups in total. The van der Waals surface area contributed by atoms with Crippen molar-refractivity contribution in [2.45, 2.75) is 46.4 Å². The summed E-state index contributed by atoms with van der Waals surface area (Å²) in [5.41, 5.74) is 2.80. The van der Waals surface area contributed by atoms with Crippen LogP contribution in [0.3, 0.4) is 0 Å². The number of hydrogen-bond acceptors (Lipinski definition) is 4. The Morgan fingerprint density at radius 1 is 1.43 bits per heavy atom. The minimum atomic E-state index is -0.285. The average Bonchev–Trinajstić information content (AvgIpc) is 2.76. The van der Waals surface area contributed by atoms with Crippen molar-refractivity contribution in [1.82, 2.24) is 20.0 Å². The van der Waals surface area contributed by atoms with E-state index in [0.717, 1.165) is 23.5 Å². The molecule has 1 fully saturated rings. The van der Waals surface area contributed by atoms with Crippen LogP contribution in [0.25, 0.3) is 0 Å². The van der Waals surface area contributed by atoms with Crippen LogP contribution < -0.4 is 5.32 Å². The molecular formula is C16H28N4O3. The van der Waals surface area contributed by atoms with Gasteiger partial charge in [0.1, 0.15) is 0 Å². The van der Waals surface area contributed by atoms with Gasteiger partial charge in [0.15, 0.2) is 0 Å². The molecule has 0 spiro atoms. The fraction of sp³-hybridized carbons (Fsp3) is 0.750. The summed E-state index contributed by atoms with van der Waals surface area (Å²) in [6.45, 7) is 11.6. The molecule has 0 atom stereocenters. The molecule has 0 aliphatic carbocycles. The molecule has 1 aromatic heterocycles. The number of ether oxygens (including phenoxy) is 2. The first kappa shape index (κ1) is 17.7. The van der Waals surface area contributed by atoms with Gasteiger partial charge >= 0.3 is 6.03 Å². The average molecular weight is 324 g/mol. The number of aromatic nitrogens is 2. The Hall–Kier alpha value is -1.60. The molecule has 2 rings (SSSR count). The third-order valence-corrected chi connectivity index (χ3v) is 4.17. The maximum Gasteiger partial charge on any atom is 0.317 e. The second-order valence-corrected chi connectivity index (χ2v) is 6.55. The molecule has 2 amide bonds. The zero-order valence-corrected chi connectivity index (χ0v) is 14.8.